The number of nitrogens with zero attached hydrogens (tertiary/aromatic N) is 2. The highest BCUT2D eigenvalue weighted by molar-refractivity contribution is 7.91. The van der Waals surface area contributed by atoms with Crippen molar-refractivity contribution in [3.63, 3.8) is 0 Å². The topological polar surface area (TPSA) is 103 Å². The van der Waals surface area contributed by atoms with Gasteiger partial charge in [-0.25, -0.2) is 8.42 Å². The van der Waals surface area contributed by atoms with Gasteiger partial charge >= 0.3 is 0 Å². The molecule has 0 bridgehead atoms. The van der Waals surface area contributed by atoms with Gasteiger partial charge in [0.1, 0.15) is 0 Å². The number of nitrogens with one attached hydrogen (secondary N) is 3. The molecule has 2 saturated heterocycles. The summed E-state index contributed by atoms with van der Waals surface area (Å²) in [5.74, 6) is 0.778. The van der Waals surface area contributed by atoms with E-state index in [-0.39, 0.29) is 29.9 Å². The summed E-state index contributed by atoms with van der Waals surface area (Å²) < 4.78 is 23.0. The molecule has 3 atom stereocenters. The predicted molar refractivity (Wildman–Crippen MR) is 124 cm³/mol. The SMILES string of the molecule is CCNC(=NCCC(=O)NC1CCS(=O)(=O)C1)NC1CC(C)N(Cc2ccccc2)C1. The normalized spacial score (nSPS) is 26.0. The van der Waals surface area contributed by atoms with E-state index < -0.39 is 9.84 Å². The van der Waals surface area contributed by atoms with Crippen LogP contribution in [0.15, 0.2) is 35.3 Å². The van der Waals surface area contributed by atoms with Gasteiger partial charge in [-0.15, -0.1) is 0 Å². The van der Waals surface area contributed by atoms with E-state index in [0.717, 1.165) is 32.0 Å². The standard InChI is InChI=1S/C22H35N5O3S/c1-3-23-22(24-11-9-21(28)25-19-10-12-31(29,30)16-19)26-20-13-17(2)27(15-20)14-18-7-5-4-6-8-18/h4-8,17,19-20H,3,9-16H2,1-2H3,(H,25,28)(H2,23,24,26). The van der Waals surface area contributed by atoms with Crippen molar-refractivity contribution in [3.8, 4) is 0 Å². The van der Waals surface area contributed by atoms with Gasteiger partial charge in [0.25, 0.3) is 0 Å². The maximum Gasteiger partial charge on any atom is 0.222 e. The van der Waals surface area contributed by atoms with Gasteiger partial charge in [0.2, 0.25) is 5.91 Å². The van der Waals surface area contributed by atoms with Crippen LogP contribution in [0, 0.1) is 0 Å². The lowest BCUT2D eigenvalue weighted by molar-refractivity contribution is -0.121. The van der Waals surface area contributed by atoms with Crippen LogP contribution in [0.1, 0.15) is 38.7 Å². The van der Waals surface area contributed by atoms with E-state index in [0.29, 0.717) is 25.0 Å². The first kappa shape index (κ1) is 23.5. The van der Waals surface area contributed by atoms with Crippen molar-refractivity contribution in [2.24, 2.45) is 4.99 Å². The second-order valence-corrected chi connectivity index (χ2v) is 10.7. The lowest BCUT2D eigenvalue weighted by Gasteiger charge is -2.21. The van der Waals surface area contributed by atoms with Crippen molar-refractivity contribution in [1.82, 2.24) is 20.9 Å². The number of hydrogen-bond donors (Lipinski definition) is 3. The highest BCUT2D eigenvalue weighted by Crippen LogP contribution is 2.20. The molecule has 0 aliphatic carbocycles. The third-order valence-corrected chi connectivity index (χ3v) is 7.59. The summed E-state index contributed by atoms with van der Waals surface area (Å²) in [5.41, 5.74) is 1.32. The quantitative estimate of drug-likeness (QED) is 0.403. The smallest absolute Gasteiger partial charge is 0.222 e. The first-order chi connectivity index (χ1) is 14.8. The fraction of sp³-hybridized carbons (Fsp3) is 0.636. The molecule has 2 aliphatic heterocycles. The zero-order valence-corrected chi connectivity index (χ0v) is 19.3. The molecule has 172 valence electrons. The van der Waals surface area contributed by atoms with E-state index in [2.05, 4.69) is 57.0 Å². The molecule has 0 spiro atoms. The predicted octanol–water partition coefficient (Wildman–Crippen LogP) is 0.898. The molecule has 0 aromatic heterocycles. The van der Waals surface area contributed by atoms with Crippen LogP contribution in [0.3, 0.4) is 0 Å². The van der Waals surface area contributed by atoms with E-state index >= 15 is 0 Å². The Labute approximate surface area is 185 Å². The Morgan fingerprint density at radius 3 is 2.65 bits per heavy atom. The number of hydrogen-bond acceptors (Lipinski definition) is 5. The van der Waals surface area contributed by atoms with Crippen LogP contribution in [0.25, 0.3) is 0 Å². The molecular weight excluding hydrogens is 414 g/mol. The van der Waals surface area contributed by atoms with Crippen LogP contribution in [-0.4, -0.2) is 74.4 Å². The number of carbonyl (C=O) groups excluding carboxylic acids is 1. The Morgan fingerprint density at radius 2 is 1.97 bits per heavy atom. The second kappa shape index (κ2) is 10.9. The van der Waals surface area contributed by atoms with Crippen LogP contribution in [0.5, 0.6) is 0 Å². The minimum atomic E-state index is -2.99. The highest BCUT2D eigenvalue weighted by atomic mass is 32.2. The Bertz CT molecular complexity index is 859. The Morgan fingerprint density at radius 1 is 1.19 bits per heavy atom. The third kappa shape index (κ3) is 7.50. The summed E-state index contributed by atoms with van der Waals surface area (Å²) in [4.78, 5) is 19.2. The van der Waals surface area contributed by atoms with Gasteiger partial charge in [0, 0.05) is 44.2 Å². The number of sulfone groups is 1. The minimum Gasteiger partial charge on any atom is -0.357 e. The van der Waals surface area contributed by atoms with Crippen LogP contribution in [-0.2, 0) is 21.2 Å². The number of rotatable bonds is 8. The van der Waals surface area contributed by atoms with E-state index in [1.165, 1.54) is 5.56 Å². The molecule has 0 saturated carbocycles. The lowest BCUT2D eigenvalue weighted by Crippen LogP contribution is -2.44. The average Bonchev–Trinajstić information content (AvgIpc) is 3.23. The fourth-order valence-corrected chi connectivity index (χ4v) is 5.91. The van der Waals surface area contributed by atoms with E-state index in [1.54, 1.807) is 0 Å². The molecule has 1 aromatic carbocycles. The third-order valence-electron chi connectivity index (χ3n) is 5.82. The van der Waals surface area contributed by atoms with Crippen molar-refractivity contribution < 1.29 is 13.2 Å². The first-order valence-corrected chi connectivity index (χ1v) is 13.0. The molecule has 31 heavy (non-hydrogen) atoms. The molecule has 3 rings (SSSR count). The van der Waals surface area contributed by atoms with Gasteiger partial charge in [-0.3, -0.25) is 14.7 Å². The number of carbonyl (C=O) groups is 1. The summed E-state index contributed by atoms with van der Waals surface area (Å²) in [5, 5.41) is 9.58. The summed E-state index contributed by atoms with van der Waals surface area (Å²) in [6.07, 6.45) is 1.78. The number of amides is 1. The Balaban J connectivity index is 1.45. The maximum atomic E-state index is 12.1. The van der Waals surface area contributed by atoms with Gasteiger partial charge in [0.15, 0.2) is 15.8 Å². The molecule has 3 N–H and O–H groups in total. The zero-order chi connectivity index (χ0) is 22.3. The maximum absolute atomic E-state index is 12.1. The summed E-state index contributed by atoms with van der Waals surface area (Å²) in [6.45, 7) is 7.25. The molecule has 0 radical (unpaired) electrons. The van der Waals surface area contributed by atoms with Crippen molar-refractivity contribution in [1.29, 1.82) is 0 Å². The van der Waals surface area contributed by atoms with E-state index in [4.69, 9.17) is 0 Å². The van der Waals surface area contributed by atoms with Crippen LogP contribution < -0.4 is 16.0 Å². The molecule has 9 heteroatoms. The number of guanidine groups is 1. The Kier molecular flexibility index (Phi) is 8.31. The number of likely N-dealkylation sites (tertiary alicyclic amines) is 1. The summed E-state index contributed by atoms with van der Waals surface area (Å²) in [6, 6.07) is 11.0. The van der Waals surface area contributed by atoms with Crippen LogP contribution in [0.2, 0.25) is 0 Å². The molecule has 2 fully saturated rings. The van der Waals surface area contributed by atoms with Gasteiger partial charge in [0.05, 0.1) is 18.1 Å². The molecule has 2 heterocycles. The molecular formula is C22H35N5O3S. The average molecular weight is 450 g/mol. The van der Waals surface area contributed by atoms with Crippen molar-refractivity contribution in [3.05, 3.63) is 35.9 Å². The second-order valence-electron chi connectivity index (χ2n) is 8.52. The zero-order valence-electron chi connectivity index (χ0n) is 18.5. The largest absolute Gasteiger partial charge is 0.357 e. The van der Waals surface area contributed by atoms with E-state index in [1.807, 2.05) is 13.0 Å². The monoisotopic (exact) mass is 449 g/mol. The van der Waals surface area contributed by atoms with Gasteiger partial charge in [-0.1, -0.05) is 30.3 Å². The molecule has 3 unspecified atom stereocenters. The van der Waals surface area contributed by atoms with Crippen molar-refractivity contribution >= 4 is 21.7 Å². The molecule has 1 amide bonds. The van der Waals surface area contributed by atoms with Gasteiger partial charge in [-0.2, -0.15) is 0 Å². The number of benzene rings is 1. The van der Waals surface area contributed by atoms with Crippen LogP contribution >= 0.6 is 0 Å². The van der Waals surface area contributed by atoms with E-state index in [9.17, 15) is 13.2 Å². The fourth-order valence-electron chi connectivity index (χ4n) is 4.23. The van der Waals surface area contributed by atoms with Gasteiger partial charge < -0.3 is 16.0 Å². The minimum absolute atomic E-state index is 0.0472. The van der Waals surface area contributed by atoms with Crippen molar-refractivity contribution in [2.75, 3.05) is 31.1 Å². The van der Waals surface area contributed by atoms with Gasteiger partial charge in [-0.05, 0) is 32.3 Å². The van der Waals surface area contributed by atoms with Crippen molar-refractivity contribution in [2.45, 2.75) is 57.8 Å². The highest BCUT2D eigenvalue weighted by Gasteiger charge is 2.30. The lowest BCUT2D eigenvalue weighted by atomic mass is 10.2. The Hall–Kier alpha value is -2.13. The summed E-state index contributed by atoms with van der Waals surface area (Å²) in [7, 11) is -2.99. The first-order valence-electron chi connectivity index (χ1n) is 11.2. The van der Waals surface area contributed by atoms with Crippen LogP contribution in [0.4, 0.5) is 0 Å². The molecule has 8 nitrogen and oxygen atoms in total. The molecule has 1 aromatic rings. The summed E-state index contributed by atoms with van der Waals surface area (Å²) >= 11 is 0. The number of aliphatic imine (C=N–C) groups is 1. The molecule has 2 aliphatic rings.